The summed E-state index contributed by atoms with van der Waals surface area (Å²) in [5.74, 6) is 0.0673. The molecular weight excluding hydrogens is 192 g/mol. The summed E-state index contributed by atoms with van der Waals surface area (Å²) in [6, 6.07) is 0. The predicted octanol–water partition coefficient (Wildman–Crippen LogP) is 0.401. The van der Waals surface area contributed by atoms with Gasteiger partial charge in [-0.3, -0.25) is 4.79 Å². The summed E-state index contributed by atoms with van der Waals surface area (Å²) in [4.78, 5) is 13.8. The van der Waals surface area contributed by atoms with Gasteiger partial charge >= 0.3 is 0 Å². The van der Waals surface area contributed by atoms with E-state index in [1.807, 2.05) is 13.1 Å². The molecule has 0 radical (unpaired) electrons. The molecule has 1 aliphatic heterocycles. The number of ether oxygens (including phenoxy) is 1. The zero-order chi connectivity index (χ0) is 11.1. The monoisotopic (exact) mass is 212 g/mol. The molecule has 1 amide bonds. The normalized spacial score (nSPS) is 17.3. The van der Waals surface area contributed by atoms with Crippen molar-refractivity contribution in [2.45, 2.75) is 12.8 Å². The fourth-order valence-corrected chi connectivity index (χ4v) is 1.59. The molecule has 1 N–H and O–H groups in total. The van der Waals surface area contributed by atoms with E-state index in [9.17, 15) is 4.79 Å². The van der Waals surface area contributed by atoms with Gasteiger partial charge in [0.15, 0.2) is 0 Å². The summed E-state index contributed by atoms with van der Waals surface area (Å²) >= 11 is 0. The highest BCUT2D eigenvalue weighted by molar-refractivity contribution is 5.93. The van der Waals surface area contributed by atoms with Gasteiger partial charge in [-0.15, -0.1) is 0 Å². The van der Waals surface area contributed by atoms with Crippen LogP contribution in [0, 0.1) is 0 Å². The third-order valence-electron chi connectivity index (χ3n) is 2.44. The lowest BCUT2D eigenvalue weighted by Gasteiger charge is -2.22. The molecule has 0 bridgehead atoms. The van der Waals surface area contributed by atoms with E-state index in [1.165, 1.54) is 0 Å². The summed E-state index contributed by atoms with van der Waals surface area (Å²) in [6.07, 6.45) is 3.87. The molecule has 15 heavy (non-hydrogen) atoms. The van der Waals surface area contributed by atoms with E-state index in [0.29, 0.717) is 13.2 Å². The van der Waals surface area contributed by atoms with Crippen LogP contribution in [-0.4, -0.2) is 51.2 Å². The average Bonchev–Trinajstić information content (AvgIpc) is 2.24. The molecule has 4 nitrogen and oxygen atoms in total. The lowest BCUT2D eigenvalue weighted by molar-refractivity contribution is -0.117. The van der Waals surface area contributed by atoms with E-state index < -0.39 is 0 Å². The first-order chi connectivity index (χ1) is 7.24. The fraction of sp³-hybridized carbons (Fsp3) is 0.727. The molecule has 0 unspecified atom stereocenters. The van der Waals surface area contributed by atoms with Crippen molar-refractivity contribution < 1.29 is 9.53 Å². The highest BCUT2D eigenvalue weighted by Gasteiger charge is 2.14. The molecule has 0 atom stereocenters. The van der Waals surface area contributed by atoms with Crippen LogP contribution in [0.2, 0.25) is 0 Å². The smallest absolute Gasteiger partial charge is 0.248 e. The number of rotatable bonds is 5. The van der Waals surface area contributed by atoms with Crippen LogP contribution in [0.1, 0.15) is 12.8 Å². The van der Waals surface area contributed by atoms with Crippen LogP contribution in [0.5, 0.6) is 0 Å². The number of hydrogen-bond donors (Lipinski definition) is 1. The lowest BCUT2D eigenvalue weighted by atomic mass is 10.1. The van der Waals surface area contributed by atoms with Crippen molar-refractivity contribution in [3.8, 4) is 0 Å². The molecule has 1 heterocycles. The number of carbonyl (C=O) groups is 1. The Morgan fingerprint density at radius 3 is 3.13 bits per heavy atom. The lowest BCUT2D eigenvalue weighted by Crippen LogP contribution is -2.34. The van der Waals surface area contributed by atoms with Crippen molar-refractivity contribution >= 4 is 5.91 Å². The van der Waals surface area contributed by atoms with E-state index in [-0.39, 0.29) is 5.91 Å². The number of nitrogens with one attached hydrogen (secondary N) is 1. The number of nitrogens with zero attached hydrogens (tertiary/aromatic N) is 1. The summed E-state index contributed by atoms with van der Waals surface area (Å²) < 4.78 is 4.91. The molecule has 0 saturated carbocycles. The van der Waals surface area contributed by atoms with Gasteiger partial charge in [-0.2, -0.15) is 0 Å². The maximum Gasteiger partial charge on any atom is 0.248 e. The van der Waals surface area contributed by atoms with Crippen molar-refractivity contribution in [2.75, 3.05) is 40.4 Å². The minimum atomic E-state index is 0.0673. The van der Waals surface area contributed by atoms with Crippen LogP contribution in [0.3, 0.4) is 0 Å². The van der Waals surface area contributed by atoms with Crippen molar-refractivity contribution in [3.63, 3.8) is 0 Å². The molecule has 0 saturated heterocycles. The predicted molar refractivity (Wildman–Crippen MR) is 59.7 cm³/mol. The molecule has 86 valence electrons. The minimum absolute atomic E-state index is 0.0673. The summed E-state index contributed by atoms with van der Waals surface area (Å²) in [6.45, 7) is 3.18. The largest absolute Gasteiger partial charge is 0.385 e. The van der Waals surface area contributed by atoms with Gasteiger partial charge in [0.05, 0.1) is 0 Å². The second kappa shape index (κ2) is 6.58. The maximum atomic E-state index is 11.7. The van der Waals surface area contributed by atoms with E-state index in [4.69, 9.17) is 4.74 Å². The van der Waals surface area contributed by atoms with Gasteiger partial charge in [-0.1, -0.05) is 6.08 Å². The molecule has 0 fully saturated rings. The quantitative estimate of drug-likeness (QED) is 0.671. The van der Waals surface area contributed by atoms with Crippen LogP contribution in [0.15, 0.2) is 11.6 Å². The van der Waals surface area contributed by atoms with E-state index >= 15 is 0 Å². The Labute approximate surface area is 91.3 Å². The Bertz CT molecular complexity index is 239. The Balaban J connectivity index is 2.24. The third-order valence-corrected chi connectivity index (χ3v) is 2.44. The summed E-state index contributed by atoms with van der Waals surface area (Å²) in [7, 11) is 3.70. The molecule has 0 aromatic carbocycles. The Morgan fingerprint density at radius 2 is 2.47 bits per heavy atom. The summed E-state index contributed by atoms with van der Waals surface area (Å²) in [5.41, 5.74) is 0.890. The second-order valence-electron chi connectivity index (χ2n) is 3.86. The SMILES string of the molecule is COCCCNC(=O)C1=CCCN(C)C1. The second-order valence-corrected chi connectivity index (χ2v) is 3.86. The average molecular weight is 212 g/mol. The van der Waals surface area contributed by atoms with Gasteiger partial charge < -0.3 is 15.0 Å². The highest BCUT2D eigenvalue weighted by Crippen LogP contribution is 2.07. The third kappa shape index (κ3) is 4.44. The molecule has 0 aromatic rings. The van der Waals surface area contributed by atoms with Gasteiger partial charge in [0.1, 0.15) is 0 Å². The van der Waals surface area contributed by atoms with Crippen molar-refractivity contribution in [2.24, 2.45) is 0 Å². The molecule has 0 spiro atoms. The first-order valence-electron chi connectivity index (χ1n) is 5.38. The zero-order valence-electron chi connectivity index (χ0n) is 9.58. The minimum Gasteiger partial charge on any atom is -0.385 e. The Morgan fingerprint density at radius 1 is 1.67 bits per heavy atom. The van der Waals surface area contributed by atoms with Crippen molar-refractivity contribution in [1.29, 1.82) is 0 Å². The highest BCUT2D eigenvalue weighted by atomic mass is 16.5. The van der Waals surface area contributed by atoms with Crippen LogP contribution in [0.4, 0.5) is 0 Å². The zero-order valence-corrected chi connectivity index (χ0v) is 9.58. The van der Waals surface area contributed by atoms with Crippen LogP contribution >= 0.6 is 0 Å². The van der Waals surface area contributed by atoms with Gasteiger partial charge in [0, 0.05) is 38.9 Å². The number of hydrogen-bond acceptors (Lipinski definition) is 3. The van der Waals surface area contributed by atoms with Crippen molar-refractivity contribution in [1.82, 2.24) is 10.2 Å². The molecule has 4 heteroatoms. The van der Waals surface area contributed by atoms with E-state index in [0.717, 1.165) is 31.5 Å². The number of methoxy groups -OCH3 is 1. The number of carbonyl (C=O) groups excluding carboxylic acids is 1. The first-order valence-corrected chi connectivity index (χ1v) is 5.38. The van der Waals surface area contributed by atoms with Gasteiger partial charge in [-0.05, 0) is 19.9 Å². The van der Waals surface area contributed by atoms with Gasteiger partial charge in [-0.25, -0.2) is 0 Å². The maximum absolute atomic E-state index is 11.7. The molecule has 1 aliphatic rings. The molecule has 1 rings (SSSR count). The van der Waals surface area contributed by atoms with E-state index in [1.54, 1.807) is 7.11 Å². The molecular formula is C11H20N2O2. The van der Waals surface area contributed by atoms with Crippen LogP contribution in [-0.2, 0) is 9.53 Å². The van der Waals surface area contributed by atoms with E-state index in [2.05, 4.69) is 10.2 Å². The molecule has 0 aromatic heterocycles. The summed E-state index contributed by atoms with van der Waals surface area (Å²) in [5, 5.41) is 2.89. The van der Waals surface area contributed by atoms with Gasteiger partial charge in [0.2, 0.25) is 5.91 Å². The molecule has 0 aliphatic carbocycles. The Hall–Kier alpha value is -0.870. The Kier molecular flexibility index (Phi) is 5.36. The first kappa shape index (κ1) is 12.2. The topological polar surface area (TPSA) is 41.6 Å². The fourth-order valence-electron chi connectivity index (χ4n) is 1.59. The van der Waals surface area contributed by atoms with Crippen LogP contribution in [0.25, 0.3) is 0 Å². The van der Waals surface area contributed by atoms with Gasteiger partial charge in [0.25, 0.3) is 0 Å². The number of likely N-dealkylation sites (N-methyl/N-ethyl adjacent to an activating group) is 1. The number of amides is 1. The standard InChI is InChI=1S/C11H20N2O2/c1-13-7-3-5-10(9-13)11(14)12-6-4-8-15-2/h5H,3-4,6-9H2,1-2H3,(H,12,14). The van der Waals surface area contributed by atoms with Crippen molar-refractivity contribution in [3.05, 3.63) is 11.6 Å². The van der Waals surface area contributed by atoms with Crippen LogP contribution < -0.4 is 5.32 Å².